The topological polar surface area (TPSA) is 82.5 Å². The zero-order chi connectivity index (χ0) is 18.3. The van der Waals surface area contributed by atoms with Crippen LogP contribution in [0.5, 0.6) is 0 Å². The minimum atomic E-state index is -0.310. The third kappa shape index (κ3) is 2.62. The van der Waals surface area contributed by atoms with Crippen LogP contribution in [-0.2, 0) is 22.6 Å². The molecule has 26 heavy (non-hydrogen) atoms. The normalized spacial score (nSPS) is 15.0. The Morgan fingerprint density at radius 2 is 2.15 bits per heavy atom. The van der Waals surface area contributed by atoms with E-state index in [9.17, 15) is 9.59 Å². The molecule has 8 nitrogen and oxygen atoms in total. The Kier molecular flexibility index (Phi) is 4.12. The fourth-order valence-corrected chi connectivity index (χ4v) is 3.39. The molecule has 0 spiro atoms. The number of nitrogens with zero attached hydrogens (tertiary/aromatic N) is 4. The van der Waals surface area contributed by atoms with E-state index in [1.165, 1.54) is 4.68 Å². The Hall–Kier alpha value is -2.87. The van der Waals surface area contributed by atoms with E-state index in [1.807, 2.05) is 17.6 Å². The Labute approximate surface area is 149 Å². The Morgan fingerprint density at radius 1 is 1.38 bits per heavy atom. The molecule has 4 rings (SSSR count). The Balaban J connectivity index is 1.78. The molecular weight excluding hydrogens is 336 g/mol. The number of amides is 1. The lowest BCUT2D eigenvalue weighted by Crippen LogP contribution is -2.43. The standard InChI is InChI=1S/C18H20N4O4/c1-3-4-21-14-9-12(2)26-17(14)13-10-19-22(18(24)16(13)21)11-15(23)20-5-7-25-8-6-20/h3,9-10H,1,4-8,11H2,2H3. The summed E-state index contributed by atoms with van der Waals surface area (Å²) in [6.45, 7) is 8.12. The van der Waals surface area contributed by atoms with Crippen molar-refractivity contribution in [1.29, 1.82) is 0 Å². The summed E-state index contributed by atoms with van der Waals surface area (Å²) < 4.78 is 14.1. The monoisotopic (exact) mass is 356 g/mol. The van der Waals surface area contributed by atoms with Gasteiger partial charge in [0.25, 0.3) is 5.56 Å². The molecule has 1 amide bonds. The summed E-state index contributed by atoms with van der Waals surface area (Å²) in [5, 5.41) is 4.85. The van der Waals surface area contributed by atoms with Crippen molar-refractivity contribution in [3.8, 4) is 0 Å². The smallest absolute Gasteiger partial charge is 0.291 e. The van der Waals surface area contributed by atoms with Crippen molar-refractivity contribution in [1.82, 2.24) is 19.2 Å². The molecule has 1 fully saturated rings. The first-order valence-electron chi connectivity index (χ1n) is 8.55. The van der Waals surface area contributed by atoms with Crippen molar-refractivity contribution in [3.05, 3.63) is 41.0 Å². The molecule has 1 saturated heterocycles. The van der Waals surface area contributed by atoms with E-state index in [4.69, 9.17) is 9.15 Å². The molecule has 1 aliphatic heterocycles. The molecule has 4 heterocycles. The van der Waals surface area contributed by atoms with Gasteiger partial charge in [0.1, 0.15) is 17.8 Å². The largest absolute Gasteiger partial charge is 0.459 e. The SMILES string of the molecule is C=CCn1c2cc(C)oc2c2cnn(CC(=O)N3CCOCC3)c(=O)c21. The Bertz CT molecular complexity index is 1050. The fourth-order valence-electron chi connectivity index (χ4n) is 3.39. The highest BCUT2D eigenvalue weighted by molar-refractivity contribution is 6.04. The molecule has 0 N–H and O–H groups in total. The van der Waals surface area contributed by atoms with E-state index < -0.39 is 0 Å². The van der Waals surface area contributed by atoms with Crippen LogP contribution < -0.4 is 5.56 Å². The van der Waals surface area contributed by atoms with Crippen LogP contribution in [-0.4, -0.2) is 51.5 Å². The lowest BCUT2D eigenvalue weighted by Gasteiger charge is -2.26. The van der Waals surface area contributed by atoms with E-state index in [2.05, 4.69) is 11.7 Å². The predicted molar refractivity (Wildman–Crippen MR) is 96.1 cm³/mol. The van der Waals surface area contributed by atoms with Crippen LogP contribution in [0.1, 0.15) is 5.76 Å². The second kappa shape index (κ2) is 6.45. The predicted octanol–water partition coefficient (Wildman–Crippen LogP) is 1.30. The number of fused-ring (bicyclic) bond motifs is 3. The average molecular weight is 356 g/mol. The van der Waals surface area contributed by atoms with Gasteiger partial charge in [0.15, 0.2) is 5.58 Å². The summed E-state index contributed by atoms with van der Waals surface area (Å²) in [6.07, 6.45) is 3.32. The highest BCUT2D eigenvalue weighted by Gasteiger charge is 2.22. The van der Waals surface area contributed by atoms with Gasteiger partial charge in [0.2, 0.25) is 5.91 Å². The highest BCUT2D eigenvalue weighted by Crippen LogP contribution is 2.29. The third-order valence-corrected chi connectivity index (χ3v) is 4.62. The number of carbonyl (C=O) groups excluding carboxylic acids is 1. The van der Waals surface area contributed by atoms with E-state index in [0.29, 0.717) is 49.3 Å². The Morgan fingerprint density at radius 3 is 2.88 bits per heavy atom. The van der Waals surface area contributed by atoms with Gasteiger partial charge in [-0.15, -0.1) is 6.58 Å². The van der Waals surface area contributed by atoms with Gasteiger partial charge in [-0.05, 0) is 6.92 Å². The number of furan rings is 1. The van der Waals surface area contributed by atoms with Gasteiger partial charge < -0.3 is 18.6 Å². The molecule has 8 heteroatoms. The number of carbonyl (C=O) groups is 1. The quantitative estimate of drug-likeness (QED) is 0.658. The summed E-state index contributed by atoms with van der Waals surface area (Å²) >= 11 is 0. The van der Waals surface area contributed by atoms with Crippen molar-refractivity contribution >= 4 is 27.9 Å². The maximum atomic E-state index is 13.0. The molecule has 0 bridgehead atoms. The number of aryl methyl sites for hydroxylation is 1. The number of ether oxygens (including phenoxy) is 1. The van der Waals surface area contributed by atoms with Crippen LogP contribution in [0.2, 0.25) is 0 Å². The fraction of sp³-hybridized carbons (Fsp3) is 0.389. The molecule has 0 unspecified atom stereocenters. The first kappa shape index (κ1) is 16.6. The van der Waals surface area contributed by atoms with E-state index in [0.717, 1.165) is 11.3 Å². The van der Waals surface area contributed by atoms with Gasteiger partial charge in [-0.25, -0.2) is 4.68 Å². The third-order valence-electron chi connectivity index (χ3n) is 4.62. The van der Waals surface area contributed by atoms with Gasteiger partial charge in [0, 0.05) is 25.7 Å². The number of aromatic nitrogens is 3. The summed E-state index contributed by atoms with van der Waals surface area (Å²) in [7, 11) is 0. The van der Waals surface area contributed by atoms with E-state index >= 15 is 0 Å². The first-order valence-corrected chi connectivity index (χ1v) is 8.55. The van der Waals surface area contributed by atoms with Gasteiger partial charge >= 0.3 is 0 Å². The number of allylic oxidation sites excluding steroid dienone is 1. The average Bonchev–Trinajstić information content (AvgIpc) is 3.15. The molecule has 0 saturated carbocycles. The van der Waals surface area contributed by atoms with Crippen molar-refractivity contribution in [2.75, 3.05) is 26.3 Å². The van der Waals surface area contributed by atoms with Crippen LogP contribution >= 0.6 is 0 Å². The number of morpholine rings is 1. The maximum Gasteiger partial charge on any atom is 0.291 e. The lowest BCUT2D eigenvalue weighted by molar-refractivity contribution is -0.136. The molecule has 0 radical (unpaired) electrons. The van der Waals surface area contributed by atoms with Crippen LogP contribution in [0, 0.1) is 6.92 Å². The highest BCUT2D eigenvalue weighted by atomic mass is 16.5. The van der Waals surface area contributed by atoms with Gasteiger partial charge in [-0.1, -0.05) is 6.08 Å². The minimum Gasteiger partial charge on any atom is -0.459 e. The summed E-state index contributed by atoms with van der Waals surface area (Å²) in [5.41, 5.74) is 1.63. The van der Waals surface area contributed by atoms with Crippen molar-refractivity contribution in [3.63, 3.8) is 0 Å². The zero-order valence-corrected chi connectivity index (χ0v) is 14.6. The van der Waals surface area contributed by atoms with Crippen molar-refractivity contribution in [2.24, 2.45) is 0 Å². The van der Waals surface area contributed by atoms with Crippen LogP contribution in [0.4, 0.5) is 0 Å². The maximum absolute atomic E-state index is 13.0. The summed E-state index contributed by atoms with van der Waals surface area (Å²) in [6, 6.07) is 1.89. The molecule has 0 aromatic carbocycles. The van der Waals surface area contributed by atoms with E-state index in [1.54, 1.807) is 17.2 Å². The summed E-state index contributed by atoms with van der Waals surface area (Å²) in [4.78, 5) is 27.2. The zero-order valence-electron chi connectivity index (χ0n) is 14.6. The van der Waals surface area contributed by atoms with Crippen molar-refractivity contribution < 1.29 is 13.9 Å². The number of hydrogen-bond acceptors (Lipinski definition) is 5. The van der Waals surface area contributed by atoms with Crippen molar-refractivity contribution in [2.45, 2.75) is 20.0 Å². The molecular formula is C18H20N4O4. The molecule has 0 atom stereocenters. The molecule has 3 aromatic rings. The van der Waals surface area contributed by atoms with Crippen LogP contribution in [0.25, 0.3) is 22.0 Å². The van der Waals surface area contributed by atoms with Crippen LogP contribution in [0.15, 0.2) is 34.1 Å². The minimum absolute atomic E-state index is 0.0889. The van der Waals surface area contributed by atoms with Crippen LogP contribution in [0.3, 0.4) is 0 Å². The molecule has 1 aliphatic rings. The van der Waals surface area contributed by atoms with E-state index in [-0.39, 0.29) is 18.0 Å². The molecule has 0 aliphatic carbocycles. The molecule has 136 valence electrons. The van der Waals surface area contributed by atoms with Gasteiger partial charge in [-0.3, -0.25) is 9.59 Å². The second-order valence-electron chi connectivity index (χ2n) is 6.33. The second-order valence-corrected chi connectivity index (χ2v) is 6.33. The molecule has 3 aromatic heterocycles. The summed E-state index contributed by atoms with van der Waals surface area (Å²) in [5.74, 6) is 0.630. The first-order chi connectivity index (χ1) is 12.6. The lowest BCUT2D eigenvalue weighted by atomic mass is 10.3. The van der Waals surface area contributed by atoms with Gasteiger partial charge in [-0.2, -0.15) is 5.10 Å². The number of rotatable bonds is 4. The van der Waals surface area contributed by atoms with Gasteiger partial charge in [0.05, 0.1) is 30.3 Å². The number of hydrogen-bond donors (Lipinski definition) is 0.